The Bertz CT molecular complexity index is 617. The van der Waals surface area contributed by atoms with Crippen molar-refractivity contribution in [3.63, 3.8) is 0 Å². The molecule has 100 valence electrons. The Morgan fingerprint density at radius 1 is 1.05 bits per heavy atom. The number of benzene rings is 2. The predicted octanol–water partition coefficient (Wildman–Crippen LogP) is 3.85. The molecule has 0 atom stereocenters. The molecule has 2 aromatic rings. The third-order valence-electron chi connectivity index (χ3n) is 2.79. The molecule has 0 saturated carbocycles. The van der Waals surface area contributed by atoms with Gasteiger partial charge in [0.15, 0.2) is 0 Å². The number of nitrogens with two attached hydrogens (primary N) is 1. The fourth-order valence-electron chi connectivity index (χ4n) is 1.87. The van der Waals surface area contributed by atoms with Crippen LogP contribution in [0.5, 0.6) is 11.5 Å². The summed E-state index contributed by atoms with van der Waals surface area (Å²) >= 11 is 3.41. The number of nitrogen functional groups attached to an aromatic ring is 1. The maximum Gasteiger partial charge on any atom is 0.144 e. The van der Waals surface area contributed by atoms with Gasteiger partial charge in [-0.3, -0.25) is 0 Å². The third-order valence-corrected chi connectivity index (χ3v) is 3.54. The number of halogens is 2. The van der Waals surface area contributed by atoms with Crippen molar-refractivity contribution in [2.24, 2.45) is 0 Å². The van der Waals surface area contributed by atoms with Gasteiger partial charge in [0.2, 0.25) is 0 Å². The van der Waals surface area contributed by atoms with E-state index in [0.29, 0.717) is 32.8 Å². The van der Waals surface area contributed by atoms with E-state index in [4.69, 9.17) is 15.2 Å². The van der Waals surface area contributed by atoms with Gasteiger partial charge in [-0.15, -0.1) is 0 Å². The Hall–Kier alpha value is -1.75. The van der Waals surface area contributed by atoms with Gasteiger partial charge < -0.3 is 15.2 Å². The van der Waals surface area contributed by atoms with E-state index in [1.807, 2.05) is 0 Å². The van der Waals surface area contributed by atoms with E-state index in [-0.39, 0.29) is 5.82 Å². The Balaban J connectivity index is 2.68. The van der Waals surface area contributed by atoms with Crippen LogP contribution in [0.3, 0.4) is 0 Å². The second kappa shape index (κ2) is 5.48. The van der Waals surface area contributed by atoms with Crippen molar-refractivity contribution in [1.29, 1.82) is 0 Å². The average Bonchev–Trinajstić information content (AvgIpc) is 2.41. The molecule has 0 fully saturated rings. The maximum absolute atomic E-state index is 13.4. The first-order chi connectivity index (χ1) is 9.08. The van der Waals surface area contributed by atoms with Gasteiger partial charge in [0, 0.05) is 16.8 Å². The first kappa shape index (κ1) is 13.7. The summed E-state index contributed by atoms with van der Waals surface area (Å²) in [5.74, 6) is 0.838. The highest BCUT2D eigenvalue weighted by atomic mass is 79.9. The minimum atomic E-state index is -0.349. The molecule has 0 unspecified atom stereocenters. The zero-order valence-electron chi connectivity index (χ0n) is 10.5. The monoisotopic (exact) mass is 325 g/mol. The standard InChI is InChI=1S/C14H13BrFNO2/c1-18-12-6-4-9(14(19-2)13(12)15)10-7-8(16)3-5-11(10)17/h3-7H,17H2,1-2H3. The van der Waals surface area contributed by atoms with Crippen LogP contribution in [-0.2, 0) is 0 Å². The third kappa shape index (κ3) is 2.51. The lowest BCUT2D eigenvalue weighted by molar-refractivity contribution is 0.390. The minimum absolute atomic E-state index is 0.349. The minimum Gasteiger partial charge on any atom is -0.495 e. The fraction of sp³-hybridized carbons (Fsp3) is 0.143. The van der Waals surface area contributed by atoms with Crippen LogP contribution in [0.1, 0.15) is 0 Å². The van der Waals surface area contributed by atoms with E-state index >= 15 is 0 Å². The predicted molar refractivity (Wildman–Crippen MR) is 77.1 cm³/mol. The molecule has 5 heteroatoms. The van der Waals surface area contributed by atoms with Gasteiger partial charge in [0.1, 0.15) is 21.8 Å². The summed E-state index contributed by atoms with van der Waals surface area (Å²) in [5, 5.41) is 0. The van der Waals surface area contributed by atoms with E-state index in [1.165, 1.54) is 18.2 Å². The van der Waals surface area contributed by atoms with Crippen LogP contribution in [0.15, 0.2) is 34.8 Å². The quantitative estimate of drug-likeness (QED) is 0.871. The molecule has 0 aliphatic rings. The first-order valence-electron chi connectivity index (χ1n) is 5.54. The maximum atomic E-state index is 13.4. The Morgan fingerprint density at radius 3 is 2.42 bits per heavy atom. The second-order valence-corrected chi connectivity index (χ2v) is 4.69. The van der Waals surface area contributed by atoms with Crippen LogP contribution < -0.4 is 15.2 Å². The SMILES string of the molecule is COc1ccc(-c2cc(F)ccc2N)c(OC)c1Br. The van der Waals surface area contributed by atoms with Crippen LogP contribution in [0.2, 0.25) is 0 Å². The van der Waals surface area contributed by atoms with Crippen LogP contribution in [-0.4, -0.2) is 14.2 Å². The summed E-state index contributed by atoms with van der Waals surface area (Å²) < 4.78 is 24.6. The number of anilines is 1. The summed E-state index contributed by atoms with van der Waals surface area (Å²) in [7, 11) is 3.11. The van der Waals surface area contributed by atoms with Crippen LogP contribution in [0.4, 0.5) is 10.1 Å². The van der Waals surface area contributed by atoms with Crippen LogP contribution >= 0.6 is 15.9 Å². The number of ether oxygens (including phenoxy) is 2. The molecule has 0 amide bonds. The van der Waals surface area contributed by atoms with Crippen LogP contribution in [0, 0.1) is 5.82 Å². The summed E-state index contributed by atoms with van der Waals surface area (Å²) in [4.78, 5) is 0. The van der Waals surface area contributed by atoms with Gasteiger partial charge in [0.05, 0.1) is 14.2 Å². The van der Waals surface area contributed by atoms with Crippen molar-refractivity contribution >= 4 is 21.6 Å². The largest absolute Gasteiger partial charge is 0.495 e. The first-order valence-corrected chi connectivity index (χ1v) is 6.33. The lowest BCUT2D eigenvalue weighted by atomic mass is 10.0. The van der Waals surface area contributed by atoms with Crippen molar-refractivity contribution < 1.29 is 13.9 Å². The molecule has 0 heterocycles. The van der Waals surface area contributed by atoms with E-state index in [0.717, 1.165) is 0 Å². The van der Waals surface area contributed by atoms with Crippen molar-refractivity contribution in [2.45, 2.75) is 0 Å². The molecule has 0 spiro atoms. The van der Waals surface area contributed by atoms with Crippen molar-refractivity contribution in [3.8, 4) is 22.6 Å². The highest BCUT2D eigenvalue weighted by molar-refractivity contribution is 9.10. The van der Waals surface area contributed by atoms with E-state index in [9.17, 15) is 4.39 Å². The molecule has 0 aliphatic heterocycles. The lowest BCUT2D eigenvalue weighted by Crippen LogP contribution is -1.96. The zero-order chi connectivity index (χ0) is 14.0. The smallest absolute Gasteiger partial charge is 0.144 e. The molecule has 2 aromatic carbocycles. The number of hydrogen-bond donors (Lipinski definition) is 1. The lowest BCUT2D eigenvalue weighted by Gasteiger charge is -2.14. The highest BCUT2D eigenvalue weighted by Crippen LogP contribution is 2.43. The molecule has 19 heavy (non-hydrogen) atoms. The number of methoxy groups -OCH3 is 2. The summed E-state index contributed by atoms with van der Waals surface area (Å²) in [6.07, 6.45) is 0. The van der Waals surface area contributed by atoms with E-state index in [1.54, 1.807) is 26.4 Å². The Morgan fingerprint density at radius 2 is 1.79 bits per heavy atom. The zero-order valence-corrected chi connectivity index (χ0v) is 12.1. The van der Waals surface area contributed by atoms with E-state index < -0.39 is 0 Å². The molecule has 0 bridgehead atoms. The Kier molecular flexibility index (Phi) is 3.95. The summed E-state index contributed by atoms with van der Waals surface area (Å²) in [6.45, 7) is 0. The van der Waals surface area contributed by atoms with Gasteiger partial charge in [0.25, 0.3) is 0 Å². The summed E-state index contributed by atoms with van der Waals surface area (Å²) in [5.41, 5.74) is 7.66. The van der Waals surface area contributed by atoms with E-state index in [2.05, 4.69) is 15.9 Å². The number of hydrogen-bond acceptors (Lipinski definition) is 3. The number of rotatable bonds is 3. The van der Waals surface area contributed by atoms with Crippen molar-refractivity contribution in [3.05, 3.63) is 40.6 Å². The topological polar surface area (TPSA) is 44.5 Å². The molecule has 2 rings (SSSR count). The normalized spacial score (nSPS) is 10.3. The van der Waals surface area contributed by atoms with Crippen LogP contribution in [0.25, 0.3) is 11.1 Å². The fourth-order valence-corrected chi connectivity index (χ4v) is 2.54. The van der Waals surface area contributed by atoms with Gasteiger partial charge in [-0.25, -0.2) is 4.39 Å². The van der Waals surface area contributed by atoms with Gasteiger partial charge in [-0.1, -0.05) is 0 Å². The van der Waals surface area contributed by atoms with Gasteiger partial charge in [-0.05, 0) is 46.3 Å². The Labute approximate surface area is 119 Å². The molecule has 0 aromatic heterocycles. The molecule has 3 nitrogen and oxygen atoms in total. The molecular weight excluding hydrogens is 313 g/mol. The molecule has 0 radical (unpaired) electrons. The molecule has 0 aliphatic carbocycles. The highest BCUT2D eigenvalue weighted by Gasteiger charge is 2.16. The molecule has 0 saturated heterocycles. The van der Waals surface area contributed by atoms with Gasteiger partial charge >= 0.3 is 0 Å². The molecule has 2 N–H and O–H groups in total. The average molecular weight is 326 g/mol. The van der Waals surface area contributed by atoms with Gasteiger partial charge in [-0.2, -0.15) is 0 Å². The van der Waals surface area contributed by atoms with Crippen molar-refractivity contribution in [2.75, 3.05) is 20.0 Å². The van der Waals surface area contributed by atoms with Crippen molar-refractivity contribution in [1.82, 2.24) is 0 Å². The summed E-state index contributed by atoms with van der Waals surface area (Å²) in [6, 6.07) is 7.79. The second-order valence-electron chi connectivity index (χ2n) is 3.89. The molecular formula is C14H13BrFNO2.